The van der Waals surface area contributed by atoms with Gasteiger partial charge in [-0.15, -0.1) is 0 Å². The minimum Gasteiger partial charge on any atom is -0.342 e. The number of likely N-dealkylation sites (N-methyl/N-ethyl adjacent to an activating group) is 1. The van der Waals surface area contributed by atoms with Gasteiger partial charge in [-0.1, -0.05) is 0 Å². The van der Waals surface area contributed by atoms with Crippen molar-refractivity contribution in [3.05, 3.63) is 63.7 Å². The summed E-state index contributed by atoms with van der Waals surface area (Å²) in [6.45, 7) is 2.86. The highest BCUT2D eigenvalue weighted by Gasteiger charge is 2.32. The van der Waals surface area contributed by atoms with Gasteiger partial charge in [-0.3, -0.25) is 19.5 Å². The number of rotatable bonds is 4. The number of carbonyl (C=O) groups is 2. The Balaban J connectivity index is 1.62. The second-order valence-electron chi connectivity index (χ2n) is 7.23. The normalized spacial score (nSPS) is 16.8. The predicted molar refractivity (Wildman–Crippen MR) is 105 cm³/mol. The molecule has 162 valence electrons. The first kappa shape index (κ1) is 20.6. The number of benzene rings is 1. The zero-order chi connectivity index (χ0) is 22.3. The summed E-state index contributed by atoms with van der Waals surface area (Å²) >= 11 is 0. The van der Waals surface area contributed by atoms with Crippen LogP contribution in [0.4, 0.5) is 18.9 Å². The number of aromatic amines is 1. The monoisotopic (exact) mass is 433 g/mol. The lowest BCUT2D eigenvalue weighted by Gasteiger charge is -2.13. The van der Waals surface area contributed by atoms with Crippen LogP contribution in [0.1, 0.15) is 40.9 Å². The smallest absolute Gasteiger partial charge is 0.342 e. The second-order valence-corrected chi connectivity index (χ2v) is 7.23. The molecule has 0 saturated carbocycles. The van der Waals surface area contributed by atoms with Gasteiger partial charge in [-0.05, 0) is 31.2 Å². The van der Waals surface area contributed by atoms with Gasteiger partial charge in [-0.2, -0.15) is 13.2 Å². The van der Waals surface area contributed by atoms with E-state index in [4.69, 9.17) is 0 Å². The van der Waals surface area contributed by atoms with Gasteiger partial charge in [0.05, 0.1) is 11.3 Å². The summed E-state index contributed by atoms with van der Waals surface area (Å²) < 4.78 is 39.2. The number of hydrogen-bond acceptors (Lipinski definition) is 4. The highest BCUT2D eigenvalue weighted by atomic mass is 19.4. The van der Waals surface area contributed by atoms with E-state index in [1.807, 2.05) is 6.92 Å². The number of likely N-dealkylation sites (tertiary alicyclic amines) is 1. The third-order valence-corrected chi connectivity index (χ3v) is 5.25. The van der Waals surface area contributed by atoms with Crippen LogP contribution in [0.15, 0.2) is 41.3 Å². The van der Waals surface area contributed by atoms with E-state index in [1.54, 1.807) is 4.90 Å². The lowest BCUT2D eigenvalue weighted by Crippen LogP contribution is -2.24. The summed E-state index contributed by atoms with van der Waals surface area (Å²) in [5.41, 5.74) is -0.559. The van der Waals surface area contributed by atoms with Crippen molar-refractivity contribution in [3.8, 4) is 0 Å². The van der Waals surface area contributed by atoms with Crippen molar-refractivity contribution in [2.45, 2.75) is 25.4 Å². The van der Waals surface area contributed by atoms with Crippen LogP contribution in [-0.2, 0) is 11.0 Å². The molecule has 3 aromatic rings. The molecule has 4 rings (SSSR count). The third-order valence-electron chi connectivity index (χ3n) is 5.25. The molecule has 2 N–H and O–H groups in total. The Labute approximate surface area is 173 Å². The Hall–Kier alpha value is -3.63. The number of nitrogens with one attached hydrogen (secondary N) is 2. The molecule has 1 atom stereocenters. The number of anilines is 1. The van der Waals surface area contributed by atoms with Crippen molar-refractivity contribution < 1.29 is 22.8 Å². The largest absolute Gasteiger partial charge is 0.416 e. The van der Waals surface area contributed by atoms with Crippen LogP contribution in [0, 0.1) is 0 Å². The molecule has 1 aliphatic rings. The van der Waals surface area contributed by atoms with E-state index in [0.717, 1.165) is 28.8 Å². The molecule has 11 heteroatoms. The molecule has 0 aliphatic carbocycles. The number of aromatic nitrogens is 3. The van der Waals surface area contributed by atoms with E-state index in [0.29, 0.717) is 18.8 Å². The van der Waals surface area contributed by atoms with Crippen molar-refractivity contribution in [2.24, 2.45) is 0 Å². The highest BCUT2D eigenvalue weighted by molar-refractivity contribution is 6.08. The Bertz CT molecular complexity index is 1210. The van der Waals surface area contributed by atoms with Gasteiger partial charge >= 0.3 is 6.18 Å². The number of H-pyrrole nitrogens is 1. The van der Waals surface area contributed by atoms with Crippen molar-refractivity contribution >= 4 is 23.1 Å². The average Bonchev–Trinajstić information content (AvgIpc) is 3.31. The van der Waals surface area contributed by atoms with E-state index in [1.165, 1.54) is 12.3 Å². The molecular formula is C20H18F3N5O3. The van der Waals surface area contributed by atoms with Gasteiger partial charge < -0.3 is 10.2 Å². The van der Waals surface area contributed by atoms with Crippen LogP contribution in [0.2, 0.25) is 0 Å². The molecule has 1 fully saturated rings. The number of nitrogens with zero attached hydrogens (tertiary/aromatic N) is 3. The number of hydrogen-bond donors (Lipinski definition) is 2. The first-order chi connectivity index (χ1) is 14.7. The Morgan fingerprint density at radius 2 is 1.97 bits per heavy atom. The molecule has 3 heterocycles. The summed E-state index contributed by atoms with van der Waals surface area (Å²) in [5.74, 6) is -0.921. The Morgan fingerprint density at radius 3 is 2.58 bits per heavy atom. The van der Waals surface area contributed by atoms with Crippen LogP contribution >= 0.6 is 0 Å². The van der Waals surface area contributed by atoms with Crippen LogP contribution < -0.4 is 10.9 Å². The summed E-state index contributed by atoms with van der Waals surface area (Å²) in [7, 11) is 0. The third kappa shape index (κ3) is 3.90. The summed E-state index contributed by atoms with van der Waals surface area (Å²) in [4.78, 5) is 43.3. The van der Waals surface area contributed by atoms with Crippen molar-refractivity contribution in [3.63, 3.8) is 0 Å². The van der Waals surface area contributed by atoms with Crippen LogP contribution in [0.5, 0.6) is 0 Å². The molecule has 1 saturated heterocycles. The zero-order valence-corrected chi connectivity index (χ0v) is 16.4. The minimum absolute atomic E-state index is 0.0242. The number of carbonyl (C=O) groups excluding carboxylic acids is 2. The molecule has 2 amide bonds. The SMILES string of the molecule is CCN1CC(c2cc(=O)n3[nH]cc(C(=O)Nc4ccc(C(F)(F)F)cc4)c3n2)CC1=O. The minimum atomic E-state index is -4.48. The van der Waals surface area contributed by atoms with Gasteiger partial charge in [-0.25, -0.2) is 9.50 Å². The number of alkyl halides is 3. The fraction of sp³-hybridized carbons (Fsp3) is 0.300. The van der Waals surface area contributed by atoms with Crippen LogP contribution in [0.25, 0.3) is 5.65 Å². The lowest BCUT2D eigenvalue weighted by atomic mass is 10.0. The predicted octanol–water partition coefficient (Wildman–Crippen LogP) is 2.63. The molecule has 8 nitrogen and oxygen atoms in total. The first-order valence-corrected chi connectivity index (χ1v) is 9.55. The summed E-state index contributed by atoms with van der Waals surface area (Å²) in [6.07, 6.45) is -2.95. The van der Waals surface area contributed by atoms with Gasteiger partial charge in [0.1, 0.15) is 5.56 Å². The fourth-order valence-electron chi connectivity index (χ4n) is 3.59. The van der Waals surface area contributed by atoms with E-state index >= 15 is 0 Å². The van der Waals surface area contributed by atoms with Crippen LogP contribution in [-0.4, -0.2) is 44.4 Å². The maximum absolute atomic E-state index is 12.7. The fourth-order valence-corrected chi connectivity index (χ4v) is 3.59. The maximum atomic E-state index is 12.7. The topological polar surface area (TPSA) is 99.6 Å². The van der Waals surface area contributed by atoms with E-state index in [2.05, 4.69) is 15.4 Å². The molecule has 2 aromatic heterocycles. The molecule has 0 spiro atoms. The summed E-state index contributed by atoms with van der Waals surface area (Å²) in [5, 5.41) is 5.16. The quantitative estimate of drug-likeness (QED) is 0.661. The molecule has 0 radical (unpaired) electrons. The molecule has 1 aromatic carbocycles. The number of amides is 2. The molecule has 1 unspecified atom stereocenters. The summed E-state index contributed by atoms with van der Waals surface area (Å²) in [6, 6.07) is 5.34. The molecule has 1 aliphatic heterocycles. The standard InChI is InChI=1S/C20H18F3N5O3/c1-2-27-10-11(7-16(27)29)15-8-17(30)28-18(26-15)14(9-24-28)19(31)25-13-5-3-12(4-6-13)20(21,22)23/h3-6,8-9,11,24H,2,7,10H2,1H3,(H,25,31). The Morgan fingerprint density at radius 1 is 1.26 bits per heavy atom. The van der Waals surface area contributed by atoms with Gasteiger partial charge in [0.25, 0.3) is 11.5 Å². The highest BCUT2D eigenvalue weighted by Crippen LogP contribution is 2.30. The number of fused-ring (bicyclic) bond motifs is 1. The maximum Gasteiger partial charge on any atom is 0.416 e. The number of halogens is 3. The van der Waals surface area contributed by atoms with Crippen LogP contribution in [0.3, 0.4) is 0 Å². The van der Waals surface area contributed by atoms with Crippen molar-refractivity contribution in [1.82, 2.24) is 19.5 Å². The molecule has 0 bridgehead atoms. The van der Waals surface area contributed by atoms with Crippen molar-refractivity contribution in [1.29, 1.82) is 0 Å². The average molecular weight is 433 g/mol. The van der Waals surface area contributed by atoms with Gasteiger partial charge in [0.2, 0.25) is 5.91 Å². The zero-order valence-electron chi connectivity index (χ0n) is 16.4. The van der Waals surface area contributed by atoms with E-state index < -0.39 is 23.2 Å². The van der Waals surface area contributed by atoms with E-state index in [-0.39, 0.29) is 35.1 Å². The molecule has 31 heavy (non-hydrogen) atoms. The van der Waals surface area contributed by atoms with E-state index in [9.17, 15) is 27.6 Å². The molecular weight excluding hydrogens is 415 g/mol. The Kier molecular flexibility index (Phi) is 5.03. The van der Waals surface area contributed by atoms with Gasteiger partial charge in [0.15, 0.2) is 5.65 Å². The first-order valence-electron chi connectivity index (χ1n) is 9.55. The van der Waals surface area contributed by atoms with Crippen molar-refractivity contribution in [2.75, 3.05) is 18.4 Å². The second kappa shape index (κ2) is 7.56. The van der Waals surface area contributed by atoms with Gasteiger partial charge in [0, 0.05) is 43.4 Å². The lowest BCUT2D eigenvalue weighted by molar-refractivity contribution is -0.137.